The van der Waals surface area contributed by atoms with E-state index in [9.17, 15) is 0 Å². The first-order valence-electron chi connectivity index (χ1n) is 16.4. The van der Waals surface area contributed by atoms with Crippen LogP contribution in [0.2, 0.25) is 0 Å². The van der Waals surface area contributed by atoms with Gasteiger partial charge in [-0.1, -0.05) is 143 Å². The Labute approximate surface area is 221 Å². The summed E-state index contributed by atoms with van der Waals surface area (Å²) in [6.07, 6.45) is 40.0. The molecule has 1 heterocycles. The highest BCUT2D eigenvalue weighted by atomic mass is 15.1. The van der Waals surface area contributed by atoms with Gasteiger partial charge in [-0.15, -0.1) is 0 Å². The van der Waals surface area contributed by atoms with Gasteiger partial charge in [0.25, 0.3) is 5.82 Å². The van der Waals surface area contributed by atoms with Crippen LogP contribution >= 0.6 is 0 Å². The van der Waals surface area contributed by atoms with E-state index in [2.05, 4.69) is 42.3 Å². The Bertz CT molecular complexity index is 547. The minimum Gasteiger partial charge on any atom is -0.234 e. The molecule has 1 aromatic rings. The van der Waals surface area contributed by atoms with E-state index >= 15 is 0 Å². The third-order valence-electron chi connectivity index (χ3n) is 7.85. The number of aromatic nitrogens is 2. The highest BCUT2D eigenvalue weighted by Crippen LogP contribution is 2.14. The van der Waals surface area contributed by atoms with Crippen molar-refractivity contribution >= 4 is 0 Å². The molecule has 0 atom stereocenters. The van der Waals surface area contributed by atoms with E-state index in [0.29, 0.717) is 0 Å². The summed E-state index contributed by atoms with van der Waals surface area (Å²) in [6.45, 7) is 9.38. The molecule has 1 rings (SSSR count). The van der Waals surface area contributed by atoms with E-state index in [1.54, 1.807) is 5.82 Å². The first-order chi connectivity index (χ1) is 17.3. The number of nitrogens with zero attached hydrogens (tertiary/aromatic N) is 2. The molecule has 0 aromatic carbocycles. The molecule has 1 aromatic heterocycles. The summed E-state index contributed by atoms with van der Waals surface area (Å²) in [5, 5.41) is 0. The van der Waals surface area contributed by atoms with Gasteiger partial charge in [-0.3, -0.25) is 0 Å². The number of hydrogen-bond donors (Lipinski definition) is 0. The zero-order valence-corrected chi connectivity index (χ0v) is 24.6. The van der Waals surface area contributed by atoms with Crippen LogP contribution in [-0.4, -0.2) is 4.57 Å². The summed E-state index contributed by atoms with van der Waals surface area (Å²) in [5.41, 5.74) is 0. The second-order valence-corrected chi connectivity index (χ2v) is 11.3. The Kier molecular flexibility index (Phi) is 22.9. The fourth-order valence-electron chi connectivity index (χ4n) is 5.44. The molecule has 206 valence electrons. The molecule has 0 unspecified atom stereocenters. The van der Waals surface area contributed by atoms with Gasteiger partial charge in [-0.2, -0.15) is 0 Å². The van der Waals surface area contributed by atoms with Gasteiger partial charge >= 0.3 is 0 Å². The highest BCUT2D eigenvalue weighted by molar-refractivity contribution is 4.84. The molecule has 0 saturated heterocycles. The van der Waals surface area contributed by atoms with Crippen LogP contribution in [0.4, 0.5) is 0 Å². The van der Waals surface area contributed by atoms with Crippen molar-refractivity contribution in [3.63, 3.8) is 0 Å². The van der Waals surface area contributed by atoms with Crippen LogP contribution in [0, 0.1) is 0 Å². The van der Waals surface area contributed by atoms with Crippen LogP contribution < -0.4 is 4.57 Å². The minimum absolute atomic E-state index is 1.23. The third kappa shape index (κ3) is 18.2. The van der Waals surface area contributed by atoms with Crippen LogP contribution in [0.25, 0.3) is 0 Å². The summed E-state index contributed by atoms with van der Waals surface area (Å²) >= 11 is 0. The molecular formula is C33H65N2+. The van der Waals surface area contributed by atoms with E-state index < -0.39 is 0 Å². The molecule has 35 heavy (non-hydrogen) atoms. The highest BCUT2D eigenvalue weighted by Gasteiger charge is 2.16. The van der Waals surface area contributed by atoms with Crippen molar-refractivity contribution in [3.8, 4) is 0 Å². The lowest BCUT2D eigenvalue weighted by Crippen LogP contribution is -2.37. The second-order valence-electron chi connectivity index (χ2n) is 11.3. The summed E-state index contributed by atoms with van der Waals surface area (Å²) in [7, 11) is 0. The molecule has 0 radical (unpaired) electrons. The largest absolute Gasteiger partial charge is 0.256 e. The topological polar surface area (TPSA) is 8.81 Å². The molecule has 2 heteroatoms. The van der Waals surface area contributed by atoms with E-state index in [0.717, 1.165) is 0 Å². The quantitative estimate of drug-likeness (QED) is 0.0858. The predicted octanol–water partition coefficient (Wildman–Crippen LogP) is 10.7. The lowest BCUT2D eigenvalue weighted by molar-refractivity contribution is -0.704. The average molecular weight is 490 g/mol. The summed E-state index contributed by atoms with van der Waals surface area (Å²) in [4.78, 5) is 0. The summed E-state index contributed by atoms with van der Waals surface area (Å²) in [5.74, 6) is 1.61. The van der Waals surface area contributed by atoms with Gasteiger partial charge in [-0.05, 0) is 32.1 Å². The van der Waals surface area contributed by atoms with Crippen molar-refractivity contribution in [2.75, 3.05) is 0 Å². The monoisotopic (exact) mass is 490 g/mol. The second kappa shape index (κ2) is 24.9. The molecule has 0 saturated carbocycles. The molecule has 0 spiro atoms. The lowest BCUT2D eigenvalue weighted by atomic mass is 10.1. The number of unbranched alkanes of at least 4 members (excludes halogenated alkanes) is 21. The molecule has 0 aliphatic heterocycles. The maximum atomic E-state index is 2.61. The molecule has 0 aliphatic rings. The van der Waals surface area contributed by atoms with Crippen LogP contribution in [0.15, 0.2) is 12.4 Å². The lowest BCUT2D eigenvalue weighted by Gasteiger charge is -2.07. The van der Waals surface area contributed by atoms with Crippen LogP contribution in [0.1, 0.15) is 181 Å². The van der Waals surface area contributed by atoms with Crippen LogP contribution in [0.5, 0.6) is 0 Å². The van der Waals surface area contributed by atoms with Gasteiger partial charge in [0.05, 0.1) is 13.1 Å². The van der Waals surface area contributed by atoms with E-state index in [-0.39, 0.29) is 0 Å². The van der Waals surface area contributed by atoms with Gasteiger partial charge in [0.15, 0.2) is 0 Å². The first kappa shape index (κ1) is 32.2. The van der Waals surface area contributed by atoms with Crippen molar-refractivity contribution in [3.05, 3.63) is 18.2 Å². The van der Waals surface area contributed by atoms with Gasteiger partial charge in [0.2, 0.25) is 0 Å². The maximum Gasteiger partial charge on any atom is 0.256 e. The third-order valence-corrected chi connectivity index (χ3v) is 7.85. The minimum atomic E-state index is 1.23. The fourth-order valence-corrected chi connectivity index (χ4v) is 5.44. The number of aryl methyl sites for hydroxylation is 2. The summed E-state index contributed by atoms with van der Waals surface area (Å²) in [6, 6.07) is 0. The van der Waals surface area contributed by atoms with Crippen LogP contribution in [-0.2, 0) is 19.5 Å². The SMILES string of the molecule is CCCCCCCCCCCCCn1cc[n+](CCCCCCCCCC)c1CCCCCCC. The van der Waals surface area contributed by atoms with Crippen molar-refractivity contribution in [1.82, 2.24) is 4.57 Å². The molecule has 0 amide bonds. The smallest absolute Gasteiger partial charge is 0.234 e. The van der Waals surface area contributed by atoms with E-state index in [4.69, 9.17) is 0 Å². The molecular weight excluding hydrogens is 424 g/mol. The van der Waals surface area contributed by atoms with Crippen molar-refractivity contribution in [2.45, 2.75) is 194 Å². The molecule has 0 fully saturated rings. The van der Waals surface area contributed by atoms with Gasteiger partial charge < -0.3 is 0 Å². The summed E-state index contributed by atoms with van der Waals surface area (Å²) < 4.78 is 5.22. The standard InChI is InChI=1S/C33H65N2/c1-4-7-10-13-15-17-18-19-21-24-27-30-35-32-31-34(33(35)28-25-22-12-9-6-3)29-26-23-20-16-14-11-8-5-2/h31-32H,4-30H2,1-3H3/q+1. The van der Waals surface area contributed by atoms with Crippen LogP contribution in [0.3, 0.4) is 0 Å². The van der Waals surface area contributed by atoms with Gasteiger partial charge in [0, 0.05) is 6.42 Å². The van der Waals surface area contributed by atoms with Gasteiger partial charge in [-0.25, -0.2) is 9.13 Å². The predicted molar refractivity (Wildman–Crippen MR) is 156 cm³/mol. The zero-order valence-electron chi connectivity index (χ0n) is 24.6. The van der Waals surface area contributed by atoms with Gasteiger partial charge in [0.1, 0.15) is 12.4 Å². The normalized spacial score (nSPS) is 11.5. The number of imidazole rings is 1. The Morgan fingerprint density at radius 2 is 0.886 bits per heavy atom. The average Bonchev–Trinajstić information content (AvgIpc) is 3.25. The first-order valence-corrected chi connectivity index (χ1v) is 16.4. The van der Waals surface area contributed by atoms with Crippen molar-refractivity contribution in [1.29, 1.82) is 0 Å². The Morgan fingerprint density at radius 1 is 0.486 bits per heavy atom. The van der Waals surface area contributed by atoms with E-state index in [1.807, 2.05) is 0 Å². The maximum absolute atomic E-state index is 2.61. The number of rotatable bonds is 27. The van der Waals surface area contributed by atoms with Crippen molar-refractivity contribution < 1.29 is 4.57 Å². The fraction of sp³-hybridized carbons (Fsp3) is 0.909. The zero-order chi connectivity index (χ0) is 25.2. The number of hydrogen-bond acceptors (Lipinski definition) is 0. The Morgan fingerprint density at radius 3 is 1.37 bits per heavy atom. The molecule has 0 aliphatic carbocycles. The Hall–Kier alpha value is -0.790. The molecule has 0 N–H and O–H groups in total. The molecule has 0 bridgehead atoms. The van der Waals surface area contributed by atoms with Crippen molar-refractivity contribution in [2.24, 2.45) is 0 Å². The Balaban J connectivity index is 2.30. The van der Waals surface area contributed by atoms with E-state index in [1.165, 1.54) is 174 Å². The molecule has 2 nitrogen and oxygen atoms in total.